The molecule has 0 aliphatic heterocycles. The van der Waals surface area contributed by atoms with Gasteiger partial charge in [-0.15, -0.1) is 11.6 Å². The van der Waals surface area contributed by atoms with E-state index in [1.165, 1.54) is 0 Å². The summed E-state index contributed by atoms with van der Waals surface area (Å²) in [6.07, 6.45) is 0. The highest BCUT2D eigenvalue weighted by Crippen LogP contribution is 2.31. The van der Waals surface area contributed by atoms with Crippen LogP contribution in [-0.4, -0.2) is 6.61 Å². The molecule has 0 atom stereocenters. The highest BCUT2D eigenvalue weighted by Gasteiger charge is 2.08. The van der Waals surface area contributed by atoms with Crippen LogP contribution in [0, 0.1) is 0 Å². The smallest absolute Gasteiger partial charge is 0.161 e. The van der Waals surface area contributed by atoms with Gasteiger partial charge in [0, 0.05) is 21.5 Å². The monoisotopic (exact) mass is 344 g/mol. The Kier molecular flexibility index (Phi) is 6.04. The maximum atomic E-state index is 6.13. The minimum absolute atomic E-state index is 0.344. The Hall–Kier alpha value is -1.09. The van der Waals surface area contributed by atoms with E-state index in [2.05, 4.69) is 0 Å². The molecule has 0 saturated heterocycles. The molecule has 0 unspecified atom stereocenters. The lowest BCUT2D eigenvalue weighted by Gasteiger charge is -2.13. The molecule has 0 aromatic heterocycles. The fraction of sp³-hybridized carbons (Fsp3) is 0.250. The third kappa shape index (κ3) is 4.44. The van der Waals surface area contributed by atoms with E-state index >= 15 is 0 Å². The minimum Gasteiger partial charge on any atom is -0.490 e. The molecule has 21 heavy (non-hydrogen) atoms. The van der Waals surface area contributed by atoms with Crippen LogP contribution in [0.2, 0.25) is 10.0 Å². The standard InChI is InChI=1S/C16H15Cl3O2/c1-2-20-16-7-11(9-17)3-6-15(16)21-10-12-4-5-13(18)8-14(12)19/h3-8H,2,9-10H2,1H3. The van der Waals surface area contributed by atoms with Gasteiger partial charge in [-0.2, -0.15) is 0 Å². The molecule has 0 spiro atoms. The SMILES string of the molecule is CCOc1cc(CCl)ccc1OCc1ccc(Cl)cc1Cl. The van der Waals surface area contributed by atoms with E-state index in [1.807, 2.05) is 31.2 Å². The molecule has 0 aliphatic rings. The number of benzene rings is 2. The van der Waals surface area contributed by atoms with Gasteiger partial charge in [0.15, 0.2) is 11.5 Å². The first-order valence-electron chi connectivity index (χ1n) is 6.52. The lowest BCUT2D eigenvalue weighted by molar-refractivity contribution is 0.269. The van der Waals surface area contributed by atoms with Gasteiger partial charge in [0.2, 0.25) is 0 Å². The molecule has 2 rings (SSSR count). The van der Waals surface area contributed by atoms with Gasteiger partial charge in [0.05, 0.1) is 6.61 Å². The zero-order valence-electron chi connectivity index (χ0n) is 11.5. The summed E-state index contributed by atoms with van der Waals surface area (Å²) >= 11 is 17.8. The van der Waals surface area contributed by atoms with Crippen LogP contribution >= 0.6 is 34.8 Å². The summed E-state index contributed by atoms with van der Waals surface area (Å²) in [6.45, 7) is 2.83. The summed E-state index contributed by atoms with van der Waals surface area (Å²) in [5, 5.41) is 1.18. The topological polar surface area (TPSA) is 18.5 Å². The summed E-state index contributed by atoms with van der Waals surface area (Å²) in [5.41, 5.74) is 1.85. The molecule has 0 heterocycles. The van der Waals surface area contributed by atoms with E-state index in [0.29, 0.717) is 40.6 Å². The summed E-state index contributed by atoms with van der Waals surface area (Å²) in [7, 11) is 0. The Morgan fingerprint density at radius 1 is 0.952 bits per heavy atom. The van der Waals surface area contributed by atoms with Crippen molar-refractivity contribution in [1.82, 2.24) is 0 Å². The van der Waals surface area contributed by atoms with E-state index in [-0.39, 0.29) is 0 Å². The normalized spacial score (nSPS) is 10.5. The summed E-state index contributed by atoms with van der Waals surface area (Å²) in [5.74, 6) is 1.78. The molecular formula is C16H15Cl3O2. The van der Waals surface area contributed by atoms with Crippen LogP contribution < -0.4 is 9.47 Å². The second kappa shape index (κ2) is 7.79. The van der Waals surface area contributed by atoms with Gasteiger partial charge in [0.25, 0.3) is 0 Å². The highest BCUT2D eigenvalue weighted by molar-refractivity contribution is 6.35. The molecule has 0 amide bonds. The summed E-state index contributed by atoms with van der Waals surface area (Å²) in [6, 6.07) is 11.0. The summed E-state index contributed by atoms with van der Waals surface area (Å²) in [4.78, 5) is 0. The average Bonchev–Trinajstić information content (AvgIpc) is 2.47. The van der Waals surface area contributed by atoms with Crippen molar-refractivity contribution in [3.05, 3.63) is 57.6 Å². The Labute approximate surface area is 139 Å². The van der Waals surface area contributed by atoms with Crippen molar-refractivity contribution >= 4 is 34.8 Å². The van der Waals surface area contributed by atoms with E-state index < -0.39 is 0 Å². The van der Waals surface area contributed by atoms with E-state index in [1.54, 1.807) is 12.1 Å². The van der Waals surface area contributed by atoms with E-state index in [9.17, 15) is 0 Å². The molecule has 0 saturated carbocycles. The van der Waals surface area contributed by atoms with Crippen molar-refractivity contribution in [2.75, 3.05) is 6.61 Å². The van der Waals surface area contributed by atoms with Gasteiger partial charge in [-0.25, -0.2) is 0 Å². The van der Waals surface area contributed by atoms with Gasteiger partial charge in [-0.05, 0) is 36.8 Å². The van der Waals surface area contributed by atoms with Gasteiger partial charge in [-0.3, -0.25) is 0 Å². The highest BCUT2D eigenvalue weighted by atomic mass is 35.5. The second-order valence-electron chi connectivity index (χ2n) is 4.37. The van der Waals surface area contributed by atoms with Crippen molar-refractivity contribution in [3.63, 3.8) is 0 Å². The van der Waals surface area contributed by atoms with Crippen LogP contribution in [-0.2, 0) is 12.5 Å². The number of hydrogen-bond donors (Lipinski definition) is 0. The number of rotatable bonds is 6. The molecule has 2 aromatic rings. The van der Waals surface area contributed by atoms with Gasteiger partial charge < -0.3 is 9.47 Å². The fourth-order valence-electron chi connectivity index (χ4n) is 1.82. The molecule has 0 fully saturated rings. The number of ether oxygens (including phenoxy) is 2. The maximum absolute atomic E-state index is 6.13. The predicted octanol–water partition coefficient (Wildman–Crippen LogP) is 5.71. The van der Waals surface area contributed by atoms with Crippen LogP contribution in [0.4, 0.5) is 0 Å². The first-order valence-corrected chi connectivity index (χ1v) is 7.81. The summed E-state index contributed by atoms with van der Waals surface area (Å²) < 4.78 is 11.4. The molecule has 0 aliphatic carbocycles. The second-order valence-corrected chi connectivity index (χ2v) is 5.48. The molecule has 5 heteroatoms. The molecule has 0 N–H and O–H groups in total. The Morgan fingerprint density at radius 2 is 1.76 bits per heavy atom. The van der Waals surface area contributed by atoms with E-state index in [4.69, 9.17) is 44.3 Å². The lowest BCUT2D eigenvalue weighted by atomic mass is 10.2. The zero-order chi connectivity index (χ0) is 15.2. The predicted molar refractivity (Wildman–Crippen MR) is 88.0 cm³/mol. The molecule has 2 nitrogen and oxygen atoms in total. The Morgan fingerprint density at radius 3 is 2.43 bits per heavy atom. The van der Waals surface area contributed by atoms with Crippen molar-refractivity contribution in [2.45, 2.75) is 19.4 Å². The maximum Gasteiger partial charge on any atom is 0.161 e. The third-order valence-electron chi connectivity index (χ3n) is 2.86. The third-order valence-corrected chi connectivity index (χ3v) is 3.76. The molecule has 0 bridgehead atoms. The molecule has 112 valence electrons. The van der Waals surface area contributed by atoms with Crippen LogP contribution in [0.3, 0.4) is 0 Å². The molecular weight excluding hydrogens is 331 g/mol. The molecule has 2 aromatic carbocycles. The Bertz CT molecular complexity index is 614. The van der Waals surface area contributed by atoms with Crippen molar-refractivity contribution < 1.29 is 9.47 Å². The van der Waals surface area contributed by atoms with Crippen molar-refractivity contribution in [2.24, 2.45) is 0 Å². The number of halogens is 3. The van der Waals surface area contributed by atoms with Crippen LogP contribution in [0.5, 0.6) is 11.5 Å². The molecule has 0 radical (unpaired) electrons. The van der Waals surface area contributed by atoms with Crippen LogP contribution in [0.15, 0.2) is 36.4 Å². The van der Waals surface area contributed by atoms with Crippen LogP contribution in [0.25, 0.3) is 0 Å². The van der Waals surface area contributed by atoms with Gasteiger partial charge in [0.1, 0.15) is 6.61 Å². The van der Waals surface area contributed by atoms with Gasteiger partial charge >= 0.3 is 0 Å². The first-order chi connectivity index (χ1) is 10.1. The van der Waals surface area contributed by atoms with Gasteiger partial charge in [-0.1, -0.05) is 35.3 Å². The van der Waals surface area contributed by atoms with E-state index in [0.717, 1.165) is 11.1 Å². The number of alkyl halides is 1. The van der Waals surface area contributed by atoms with Crippen molar-refractivity contribution in [3.8, 4) is 11.5 Å². The zero-order valence-corrected chi connectivity index (χ0v) is 13.8. The average molecular weight is 346 g/mol. The lowest BCUT2D eigenvalue weighted by Crippen LogP contribution is -2.00. The van der Waals surface area contributed by atoms with Crippen molar-refractivity contribution in [1.29, 1.82) is 0 Å². The Balaban J connectivity index is 2.15. The fourth-order valence-corrected chi connectivity index (χ4v) is 2.45. The largest absolute Gasteiger partial charge is 0.490 e. The first kappa shape index (κ1) is 16.3. The minimum atomic E-state index is 0.344. The van der Waals surface area contributed by atoms with Crippen LogP contribution in [0.1, 0.15) is 18.1 Å². The quantitative estimate of drug-likeness (QED) is 0.624. The number of hydrogen-bond acceptors (Lipinski definition) is 2.